The Labute approximate surface area is 124 Å². The molecule has 2 aromatic carbocycles. The summed E-state index contributed by atoms with van der Waals surface area (Å²) in [5, 5.41) is 3.44. The smallest absolute Gasteiger partial charge is 0.175 e. The van der Waals surface area contributed by atoms with E-state index >= 15 is 0 Å². The molecule has 0 radical (unpaired) electrons. The van der Waals surface area contributed by atoms with Crippen LogP contribution >= 0.6 is 0 Å². The molecule has 5 heteroatoms. The fourth-order valence-electron chi connectivity index (χ4n) is 2.49. The highest BCUT2D eigenvalue weighted by atomic mass is 32.2. The molecule has 0 saturated carbocycles. The van der Waals surface area contributed by atoms with Gasteiger partial charge in [-0.1, -0.05) is 18.2 Å². The van der Waals surface area contributed by atoms with Crippen molar-refractivity contribution >= 4 is 15.5 Å². The molecule has 0 spiro atoms. The van der Waals surface area contributed by atoms with Gasteiger partial charge in [0.25, 0.3) is 0 Å². The number of sulfone groups is 1. The molecule has 2 aromatic rings. The van der Waals surface area contributed by atoms with Crippen LogP contribution in [-0.4, -0.2) is 21.3 Å². The number of hydrogen-bond donors (Lipinski definition) is 1. The normalized spacial score (nSPS) is 17.7. The summed E-state index contributed by atoms with van der Waals surface area (Å²) in [5.74, 6) is 0.911. The number of rotatable bonds is 3. The Balaban J connectivity index is 1.82. The zero-order valence-corrected chi connectivity index (χ0v) is 12.6. The average molecular weight is 303 g/mol. The molecule has 0 aromatic heterocycles. The average Bonchev–Trinajstić information content (AvgIpc) is 2.47. The summed E-state index contributed by atoms with van der Waals surface area (Å²) in [6.07, 6.45) is 2.09. The summed E-state index contributed by atoms with van der Waals surface area (Å²) in [6.45, 7) is 0.677. The summed E-state index contributed by atoms with van der Waals surface area (Å²) in [7, 11) is -3.15. The molecule has 1 heterocycles. The fraction of sp³-hybridized carbons (Fsp3) is 0.250. The molecule has 0 fully saturated rings. The van der Waals surface area contributed by atoms with Crippen molar-refractivity contribution in [2.75, 3.05) is 18.2 Å². The van der Waals surface area contributed by atoms with Crippen molar-refractivity contribution in [1.29, 1.82) is 0 Å². The van der Waals surface area contributed by atoms with Crippen LogP contribution in [0.2, 0.25) is 0 Å². The molecule has 0 saturated heterocycles. The maximum Gasteiger partial charge on any atom is 0.175 e. The molecule has 0 bridgehead atoms. The second-order valence-electron chi connectivity index (χ2n) is 5.17. The van der Waals surface area contributed by atoms with Gasteiger partial charge in [-0.3, -0.25) is 0 Å². The molecular weight excluding hydrogens is 286 g/mol. The molecule has 110 valence electrons. The second kappa shape index (κ2) is 5.41. The van der Waals surface area contributed by atoms with Crippen molar-refractivity contribution < 1.29 is 13.2 Å². The second-order valence-corrected chi connectivity index (χ2v) is 7.18. The minimum absolute atomic E-state index is 0.180. The molecule has 1 atom stereocenters. The molecule has 1 aliphatic heterocycles. The maximum atomic E-state index is 11.5. The monoisotopic (exact) mass is 303 g/mol. The highest BCUT2D eigenvalue weighted by Gasteiger charge is 2.20. The first-order valence-corrected chi connectivity index (χ1v) is 8.71. The Hall–Kier alpha value is -2.01. The summed E-state index contributed by atoms with van der Waals surface area (Å²) in [6, 6.07) is 15.0. The predicted molar refractivity (Wildman–Crippen MR) is 82.5 cm³/mol. The topological polar surface area (TPSA) is 55.4 Å². The van der Waals surface area contributed by atoms with Gasteiger partial charge in [0.15, 0.2) is 9.84 Å². The predicted octanol–water partition coefficient (Wildman–Crippen LogP) is 3.03. The van der Waals surface area contributed by atoms with Gasteiger partial charge in [-0.05, 0) is 30.3 Å². The van der Waals surface area contributed by atoms with Crippen LogP contribution in [0.25, 0.3) is 0 Å². The van der Waals surface area contributed by atoms with E-state index in [0.29, 0.717) is 11.5 Å². The first-order valence-electron chi connectivity index (χ1n) is 6.82. The van der Waals surface area contributed by atoms with Crippen molar-refractivity contribution in [3.63, 3.8) is 0 Å². The molecule has 1 N–H and O–H groups in total. The number of para-hydroxylation sites is 1. The van der Waals surface area contributed by atoms with Gasteiger partial charge >= 0.3 is 0 Å². The maximum absolute atomic E-state index is 11.5. The van der Waals surface area contributed by atoms with Crippen molar-refractivity contribution in [1.82, 2.24) is 0 Å². The third kappa shape index (κ3) is 3.03. The van der Waals surface area contributed by atoms with E-state index in [9.17, 15) is 8.42 Å². The zero-order valence-electron chi connectivity index (χ0n) is 11.7. The van der Waals surface area contributed by atoms with Crippen molar-refractivity contribution in [3.8, 4) is 5.75 Å². The molecular formula is C16H17NO3S. The Morgan fingerprint density at radius 2 is 1.81 bits per heavy atom. The van der Waals surface area contributed by atoms with Crippen LogP contribution < -0.4 is 10.1 Å². The van der Waals surface area contributed by atoms with E-state index in [1.807, 2.05) is 18.2 Å². The van der Waals surface area contributed by atoms with Gasteiger partial charge < -0.3 is 10.1 Å². The lowest BCUT2D eigenvalue weighted by atomic mass is 10.0. The Morgan fingerprint density at radius 3 is 2.52 bits per heavy atom. The Bertz CT molecular complexity index is 738. The van der Waals surface area contributed by atoms with Crippen LogP contribution in [0.3, 0.4) is 0 Å². The molecule has 0 amide bonds. The van der Waals surface area contributed by atoms with Gasteiger partial charge in [0.05, 0.1) is 17.5 Å². The molecule has 1 unspecified atom stereocenters. The van der Waals surface area contributed by atoms with Crippen LogP contribution in [0, 0.1) is 0 Å². The largest absolute Gasteiger partial charge is 0.493 e. The van der Waals surface area contributed by atoms with E-state index in [1.54, 1.807) is 24.3 Å². The van der Waals surface area contributed by atoms with Gasteiger partial charge in [0.2, 0.25) is 0 Å². The van der Waals surface area contributed by atoms with Crippen molar-refractivity contribution in [3.05, 3.63) is 54.1 Å². The summed E-state index contributed by atoms with van der Waals surface area (Å²) in [5.41, 5.74) is 2.04. The molecule has 3 rings (SSSR count). The number of fused-ring (bicyclic) bond motifs is 1. The van der Waals surface area contributed by atoms with E-state index in [-0.39, 0.29) is 6.04 Å². The number of benzene rings is 2. The van der Waals surface area contributed by atoms with E-state index in [0.717, 1.165) is 23.4 Å². The molecule has 21 heavy (non-hydrogen) atoms. The number of hydrogen-bond acceptors (Lipinski definition) is 4. The molecule has 4 nitrogen and oxygen atoms in total. The molecule has 1 aliphatic rings. The number of anilines is 1. The minimum Gasteiger partial charge on any atom is -0.493 e. The van der Waals surface area contributed by atoms with Gasteiger partial charge in [-0.2, -0.15) is 0 Å². The minimum atomic E-state index is -3.15. The lowest BCUT2D eigenvalue weighted by molar-refractivity contribution is 0.274. The van der Waals surface area contributed by atoms with Crippen LogP contribution in [-0.2, 0) is 9.84 Å². The van der Waals surface area contributed by atoms with E-state index in [1.165, 1.54) is 6.26 Å². The first-order chi connectivity index (χ1) is 10.0. The van der Waals surface area contributed by atoms with Crippen molar-refractivity contribution in [2.45, 2.75) is 17.4 Å². The van der Waals surface area contributed by atoms with Gasteiger partial charge in [-0.25, -0.2) is 8.42 Å². The zero-order chi connectivity index (χ0) is 14.9. The van der Waals surface area contributed by atoms with Gasteiger partial charge in [0, 0.05) is 23.9 Å². The van der Waals surface area contributed by atoms with Gasteiger partial charge in [-0.15, -0.1) is 0 Å². The SMILES string of the molecule is CS(=O)(=O)c1ccc(NC2CCOc3ccccc32)cc1. The summed E-state index contributed by atoms with van der Waals surface area (Å²) >= 11 is 0. The van der Waals surface area contributed by atoms with Crippen LogP contribution in [0.4, 0.5) is 5.69 Å². The third-order valence-corrected chi connectivity index (χ3v) is 4.71. The lowest BCUT2D eigenvalue weighted by Gasteiger charge is -2.27. The van der Waals surface area contributed by atoms with Gasteiger partial charge in [0.1, 0.15) is 5.75 Å². The first kappa shape index (κ1) is 13.9. The van der Waals surface area contributed by atoms with Crippen LogP contribution in [0.1, 0.15) is 18.0 Å². The quantitative estimate of drug-likeness (QED) is 0.947. The molecule has 0 aliphatic carbocycles. The number of nitrogens with one attached hydrogen (secondary N) is 1. The summed E-state index contributed by atoms with van der Waals surface area (Å²) in [4.78, 5) is 0.334. The highest BCUT2D eigenvalue weighted by Crippen LogP contribution is 2.34. The van der Waals surface area contributed by atoms with E-state index in [4.69, 9.17) is 4.74 Å². The van der Waals surface area contributed by atoms with Crippen molar-refractivity contribution in [2.24, 2.45) is 0 Å². The standard InChI is InChI=1S/C16H17NO3S/c1-21(18,19)13-8-6-12(7-9-13)17-15-10-11-20-16-5-3-2-4-14(15)16/h2-9,15,17H,10-11H2,1H3. The Kier molecular flexibility index (Phi) is 3.59. The third-order valence-electron chi connectivity index (χ3n) is 3.58. The fourth-order valence-corrected chi connectivity index (χ4v) is 3.12. The Morgan fingerprint density at radius 1 is 1.10 bits per heavy atom. The van der Waals surface area contributed by atoms with E-state index in [2.05, 4.69) is 11.4 Å². The number of ether oxygens (including phenoxy) is 1. The lowest BCUT2D eigenvalue weighted by Crippen LogP contribution is -2.20. The van der Waals surface area contributed by atoms with Crippen LogP contribution in [0.5, 0.6) is 5.75 Å². The van der Waals surface area contributed by atoms with E-state index < -0.39 is 9.84 Å². The van der Waals surface area contributed by atoms with Crippen LogP contribution in [0.15, 0.2) is 53.4 Å². The summed E-state index contributed by atoms with van der Waals surface area (Å²) < 4.78 is 28.6. The highest BCUT2D eigenvalue weighted by molar-refractivity contribution is 7.90.